The average Bonchev–Trinajstić information content (AvgIpc) is 2.49. The molecule has 0 spiro atoms. The van der Waals surface area contributed by atoms with E-state index in [2.05, 4.69) is 10.6 Å². The molecule has 126 valence electrons. The second-order valence-electron chi connectivity index (χ2n) is 6.71. The van der Waals surface area contributed by atoms with Gasteiger partial charge in [-0.3, -0.25) is 14.4 Å². The van der Waals surface area contributed by atoms with Gasteiger partial charge in [-0.2, -0.15) is 0 Å². The first-order chi connectivity index (χ1) is 10.6. The molecule has 6 nitrogen and oxygen atoms in total. The van der Waals surface area contributed by atoms with Crippen LogP contribution in [-0.2, 0) is 19.8 Å². The predicted octanol–water partition coefficient (Wildman–Crippen LogP) is 1.31. The summed E-state index contributed by atoms with van der Waals surface area (Å²) in [5, 5.41) is 14.6. The minimum atomic E-state index is -1.23. The number of carboxylic acids is 1. The number of aliphatic carboxylic acids is 1. The van der Waals surface area contributed by atoms with E-state index in [9.17, 15) is 19.5 Å². The molecular formula is C17H24N2O4. The van der Waals surface area contributed by atoms with Gasteiger partial charge in [-0.05, 0) is 12.5 Å². The normalized spacial score (nSPS) is 13.7. The number of hydrogen-bond acceptors (Lipinski definition) is 3. The highest BCUT2D eigenvalue weighted by atomic mass is 16.4. The van der Waals surface area contributed by atoms with Gasteiger partial charge >= 0.3 is 5.97 Å². The standard InChI is InChI=1S/C17H24N2O4/c1-16(2,3)14(21)18-10-13(20)19-11-17(4,15(22)23)12-8-6-5-7-9-12/h5-9H,10-11H2,1-4H3,(H,18,21)(H,19,20)(H,22,23). The Morgan fingerprint density at radius 1 is 1.00 bits per heavy atom. The van der Waals surface area contributed by atoms with E-state index >= 15 is 0 Å². The minimum absolute atomic E-state index is 0.0590. The van der Waals surface area contributed by atoms with Crippen LogP contribution in [0.3, 0.4) is 0 Å². The fourth-order valence-corrected chi connectivity index (χ4v) is 1.87. The van der Waals surface area contributed by atoms with Crippen molar-refractivity contribution in [1.29, 1.82) is 0 Å². The van der Waals surface area contributed by atoms with Crippen molar-refractivity contribution in [2.45, 2.75) is 33.1 Å². The van der Waals surface area contributed by atoms with Crippen LogP contribution in [0.25, 0.3) is 0 Å². The van der Waals surface area contributed by atoms with E-state index in [1.54, 1.807) is 58.0 Å². The highest BCUT2D eigenvalue weighted by Crippen LogP contribution is 2.23. The SMILES string of the molecule is CC(C)(C)C(=O)NCC(=O)NCC(C)(C(=O)O)c1ccccc1. The van der Waals surface area contributed by atoms with E-state index in [1.807, 2.05) is 0 Å². The smallest absolute Gasteiger partial charge is 0.315 e. The van der Waals surface area contributed by atoms with Crippen LogP contribution in [0.4, 0.5) is 0 Å². The number of amides is 2. The molecule has 1 aromatic carbocycles. The molecule has 0 heterocycles. The maximum atomic E-state index is 11.9. The summed E-state index contributed by atoms with van der Waals surface area (Å²) in [5.41, 5.74) is -1.21. The highest BCUT2D eigenvalue weighted by Gasteiger charge is 2.35. The third kappa shape index (κ3) is 5.09. The molecule has 0 aliphatic carbocycles. The van der Waals surface area contributed by atoms with E-state index in [0.717, 1.165) is 0 Å². The van der Waals surface area contributed by atoms with Gasteiger partial charge in [0.05, 0.1) is 6.54 Å². The molecule has 1 rings (SSSR count). The fourth-order valence-electron chi connectivity index (χ4n) is 1.87. The lowest BCUT2D eigenvalue weighted by Gasteiger charge is -2.26. The zero-order chi connectivity index (χ0) is 17.7. The molecule has 3 N–H and O–H groups in total. The second-order valence-corrected chi connectivity index (χ2v) is 6.71. The first-order valence-electron chi connectivity index (χ1n) is 7.41. The number of benzene rings is 1. The Balaban J connectivity index is 2.65. The second kappa shape index (κ2) is 7.26. The molecule has 0 aliphatic heterocycles. The maximum absolute atomic E-state index is 11.9. The van der Waals surface area contributed by atoms with Crippen molar-refractivity contribution in [1.82, 2.24) is 10.6 Å². The van der Waals surface area contributed by atoms with Gasteiger partial charge in [-0.1, -0.05) is 51.1 Å². The molecule has 1 atom stereocenters. The van der Waals surface area contributed by atoms with Crippen LogP contribution in [0.1, 0.15) is 33.3 Å². The third-order valence-corrected chi connectivity index (χ3v) is 3.61. The van der Waals surface area contributed by atoms with Gasteiger partial charge < -0.3 is 15.7 Å². The summed E-state index contributed by atoms with van der Waals surface area (Å²) < 4.78 is 0. The summed E-state index contributed by atoms with van der Waals surface area (Å²) in [5.74, 6) is -1.69. The Kier molecular flexibility index (Phi) is 5.90. The topological polar surface area (TPSA) is 95.5 Å². The number of hydrogen-bond donors (Lipinski definition) is 3. The number of carboxylic acid groups (broad SMARTS) is 1. The molecule has 0 bridgehead atoms. The molecule has 1 aromatic rings. The first-order valence-corrected chi connectivity index (χ1v) is 7.41. The Morgan fingerprint density at radius 3 is 2.04 bits per heavy atom. The van der Waals surface area contributed by atoms with Crippen molar-refractivity contribution in [3.63, 3.8) is 0 Å². The van der Waals surface area contributed by atoms with Crippen LogP contribution >= 0.6 is 0 Å². The summed E-state index contributed by atoms with van der Waals surface area (Å²) in [6.07, 6.45) is 0. The van der Waals surface area contributed by atoms with Gasteiger partial charge in [0.25, 0.3) is 0 Å². The maximum Gasteiger partial charge on any atom is 0.315 e. The zero-order valence-electron chi connectivity index (χ0n) is 14.0. The number of carbonyl (C=O) groups is 3. The number of nitrogens with one attached hydrogen (secondary N) is 2. The average molecular weight is 320 g/mol. The van der Waals surface area contributed by atoms with Gasteiger partial charge in [-0.15, -0.1) is 0 Å². The molecular weight excluding hydrogens is 296 g/mol. The van der Waals surface area contributed by atoms with E-state index in [0.29, 0.717) is 5.56 Å². The van der Waals surface area contributed by atoms with Crippen molar-refractivity contribution in [3.8, 4) is 0 Å². The molecule has 0 aromatic heterocycles. The molecule has 0 saturated carbocycles. The fraction of sp³-hybridized carbons (Fsp3) is 0.471. The van der Waals surface area contributed by atoms with Gasteiger partial charge in [-0.25, -0.2) is 0 Å². The molecule has 0 radical (unpaired) electrons. The largest absolute Gasteiger partial charge is 0.481 e. The van der Waals surface area contributed by atoms with Gasteiger partial charge in [0.15, 0.2) is 0 Å². The van der Waals surface area contributed by atoms with E-state index < -0.39 is 22.7 Å². The predicted molar refractivity (Wildman–Crippen MR) is 86.9 cm³/mol. The molecule has 2 amide bonds. The van der Waals surface area contributed by atoms with Gasteiger partial charge in [0, 0.05) is 12.0 Å². The number of rotatable bonds is 6. The lowest BCUT2D eigenvalue weighted by molar-refractivity contribution is -0.143. The molecule has 0 saturated heterocycles. The summed E-state index contributed by atoms with van der Waals surface area (Å²) in [6, 6.07) is 8.72. The van der Waals surface area contributed by atoms with E-state index in [-0.39, 0.29) is 19.0 Å². The van der Waals surface area contributed by atoms with Crippen LogP contribution in [-0.4, -0.2) is 36.0 Å². The van der Waals surface area contributed by atoms with Crippen LogP contribution in [0.15, 0.2) is 30.3 Å². The third-order valence-electron chi connectivity index (χ3n) is 3.61. The lowest BCUT2D eigenvalue weighted by atomic mass is 9.82. The number of carbonyl (C=O) groups excluding carboxylic acids is 2. The Labute approximate surface area is 136 Å². The lowest BCUT2D eigenvalue weighted by Crippen LogP contribution is -2.48. The highest BCUT2D eigenvalue weighted by molar-refractivity contribution is 5.88. The molecule has 0 fully saturated rings. The van der Waals surface area contributed by atoms with Crippen LogP contribution in [0.2, 0.25) is 0 Å². The van der Waals surface area contributed by atoms with E-state index in [1.165, 1.54) is 0 Å². The van der Waals surface area contributed by atoms with Crippen LogP contribution in [0.5, 0.6) is 0 Å². The Hall–Kier alpha value is -2.37. The first kappa shape index (κ1) is 18.7. The van der Waals surface area contributed by atoms with Crippen molar-refractivity contribution < 1.29 is 19.5 Å². The summed E-state index contributed by atoms with van der Waals surface area (Å²) >= 11 is 0. The Bertz CT molecular complexity index is 578. The summed E-state index contributed by atoms with van der Waals surface area (Å²) in [4.78, 5) is 35.2. The summed E-state index contributed by atoms with van der Waals surface area (Å²) in [6.45, 7) is 6.56. The molecule has 1 unspecified atom stereocenters. The van der Waals surface area contributed by atoms with Crippen molar-refractivity contribution in [3.05, 3.63) is 35.9 Å². The van der Waals surface area contributed by atoms with Crippen molar-refractivity contribution in [2.24, 2.45) is 5.41 Å². The van der Waals surface area contributed by atoms with E-state index in [4.69, 9.17) is 0 Å². The quantitative estimate of drug-likeness (QED) is 0.736. The Morgan fingerprint density at radius 2 is 1.57 bits per heavy atom. The van der Waals surface area contributed by atoms with Gasteiger partial charge in [0.1, 0.15) is 5.41 Å². The monoisotopic (exact) mass is 320 g/mol. The van der Waals surface area contributed by atoms with Crippen molar-refractivity contribution in [2.75, 3.05) is 13.1 Å². The van der Waals surface area contributed by atoms with Crippen LogP contribution in [0, 0.1) is 5.41 Å². The molecule has 0 aliphatic rings. The zero-order valence-corrected chi connectivity index (χ0v) is 14.0. The minimum Gasteiger partial charge on any atom is -0.481 e. The van der Waals surface area contributed by atoms with Crippen molar-refractivity contribution >= 4 is 17.8 Å². The van der Waals surface area contributed by atoms with Gasteiger partial charge in [0.2, 0.25) is 11.8 Å². The summed E-state index contributed by atoms with van der Waals surface area (Å²) in [7, 11) is 0. The molecule has 23 heavy (non-hydrogen) atoms. The van der Waals surface area contributed by atoms with Crippen LogP contribution < -0.4 is 10.6 Å². The molecule has 6 heteroatoms.